The molecule has 15 heavy (non-hydrogen) atoms. The lowest BCUT2D eigenvalue weighted by Gasteiger charge is -2.04. The average molecular weight is 208 g/mol. The van der Waals surface area contributed by atoms with Crippen molar-refractivity contribution in [2.75, 3.05) is 5.32 Å². The van der Waals surface area contributed by atoms with E-state index in [9.17, 15) is 9.59 Å². The molecule has 0 fully saturated rings. The molecule has 0 bridgehead atoms. The molecule has 0 unspecified atom stereocenters. The molecule has 1 aromatic rings. The van der Waals surface area contributed by atoms with Crippen LogP contribution in [0.25, 0.3) is 0 Å². The van der Waals surface area contributed by atoms with Crippen LogP contribution in [0.5, 0.6) is 5.75 Å². The third kappa shape index (κ3) is 3.68. The van der Waals surface area contributed by atoms with Crippen LogP contribution in [0.4, 0.5) is 10.5 Å². The van der Waals surface area contributed by atoms with Crippen molar-refractivity contribution >= 4 is 17.7 Å². The Bertz CT molecular complexity index is 358. The lowest BCUT2D eigenvalue weighted by molar-refractivity contribution is -0.114. The van der Waals surface area contributed by atoms with Crippen LogP contribution in [0.15, 0.2) is 24.3 Å². The Morgan fingerprint density at radius 2 is 1.87 bits per heavy atom. The average Bonchev–Trinajstić information content (AvgIpc) is 2.20. The SMILES string of the molecule is [CH2]OC(=O)Oc1ccc(NC(C)=O)cc1. The van der Waals surface area contributed by atoms with Crippen LogP contribution in [0.3, 0.4) is 0 Å². The van der Waals surface area contributed by atoms with E-state index < -0.39 is 6.16 Å². The smallest absolute Gasteiger partial charge is 0.430 e. The van der Waals surface area contributed by atoms with Gasteiger partial charge in [0.2, 0.25) is 5.91 Å². The Labute approximate surface area is 87.0 Å². The Balaban J connectivity index is 2.64. The molecule has 1 radical (unpaired) electrons. The summed E-state index contributed by atoms with van der Waals surface area (Å²) in [5, 5.41) is 2.58. The minimum absolute atomic E-state index is 0.166. The zero-order valence-electron chi connectivity index (χ0n) is 8.15. The summed E-state index contributed by atoms with van der Waals surface area (Å²) in [6.07, 6.45) is -0.887. The minimum atomic E-state index is -0.887. The molecule has 0 spiro atoms. The number of anilines is 1. The zero-order chi connectivity index (χ0) is 11.3. The second-order valence-electron chi connectivity index (χ2n) is 2.70. The predicted molar refractivity (Wildman–Crippen MR) is 53.2 cm³/mol. The van der Waals surface area contributed by atoms with Crippen LogP contribution < -0.4 is 10.1 Å². The normalized spacial score (nSPS) is 9.20. The highest BCUT2D eigenvalue weighted by Crippen LogP contribution is 2.15. The molecule has 0 atom stereocenters. The quantitative estimate of drug-likeness (QED) is 0.596. The number of amides is 1. The van der Waals surface area contributed by atoms with E-state index >= 15 is 0 Å². The summed E-state index contributed by atoms with van der Waals surface area (Å²) >= 11 is 0. The van der Waals surface area contributed by atoms with E-state index in [1.54, 1.807) is 12.1 Å². The van der Waals surface area contributed by atoms with Crippen LogP contribution in [-0.4, -0.2) is 12.1 Å². The predicted octanol–water partition coefficient (Wildman–Crippen LogP) is 1.95. The molecule has 0 heterocycles. The second-order valence-corrected chi connectivity index (χ2v) is 2.70. The van der Waals surface area contributed by atoms with E-state index in [1.807, 2.05) is 0 Å². The zero-order valence-corrected chi connectivity index (χ0v) is 8.15. The number of benzene rings is 1. The molecule has 0 saturated carbocycles. The maximum atomic E-state index is 10.7. The fraction of sp³-hybridized carbons (Fsp3) is 0.100. The molecule has 0 aliphatic rings. The van der Waals surface area contributed by atoms with Crippen molar-refractivity contribution < 1.29 is 19.1 Å². The van der Waals surface area contributed by atoms with E-state index in [2.05, 4.69) is 21.9 Å². The van der Waals surface area contributed by atoms with Crippen LogP contribution in [0.1, 0.15) is 6.92 Å². The number of carbonyl (C=O) groups is 2. The van der Waals surface area contributed by atoms with Crippen molar-refractivity contribution in [1.82, 2.24) is 0 Å². The topological polar surface area (TPSA) is 64.6 Å². The van der Waals surface area contributed by atoms with Gasteiger partial charge in [-0.05, 0) is 24.3 Å². The first-order valence-corrected chi connectivity index (χ1v) is 4.13. The van der Waals surface area contributed by atoms with E-state index in [-0.39, 0.29) is 5.91 Å². The summed E-state index contributed by atoms with van der Waals surface area (Å²) in [5.74, 6) is 0.151. The van der Waals surface area contributed by atoms with Crippen LogP contribution in [0.2, 0.25) is 0 Å². The summed E-state index contributed by atoms with van der Waals surface area (Å²) in [5.41, 5.74) is 0.623. The first-order valence-electron chi connectivity index (χ1n) is 4.13. The molecule has 1 rings (SSSR count). The van der Waals surface area contributed by atoms with Gasteiger partial charge in [0.15, 0.2) is 0 Å². The van der Waals surface area contributed by atoms with Crippen LogP contribution in [-0.2, 0) is 9.53 Å². The van der Waals surface area contributed by atoms with Crippen molar-refractivity contribution in [3.8, 4) is 5.75 Å². The van der Waals surface area contributed by atoms with Gasteiger partial charge in [0.25, 0.3) is 0 Å². The van der Waals surface area contributed by atoms with E-state index in [0.29, 0.717) is 11.4 Å². The van der Waals surface area contributed by atoms with Crippen LogP contribution >= 0.6 is 0 Å². The maximum absolute atomic E-state index is 10.7. The molecule has 1 aromatic carbocycles. The molecular weight excluding hydrogens is 198 g/mol. The fourth-order valence-electron chi connectivity index (χ4n) is 0.935. The number of rotatable bonds is 2. The largest absolute Gasteiger partial charge is 0.513 e. The highest BCUT2D eigenvalue weighted by molar-refractivity contribution is 5.88. The number of nitrogens with one attached hydrogen (secondary N) is 1. The Kier molecular flexibility index (Phi) is 3.68. The van der Waals surface area contributed by atoms with Gasteiger partial charge in [0.1, 0.15) is 12.9 Å². The van der Waals surface area contributed by atoms with E-state index in [4.69, 9.17) is 0 Å². The van der Waals surface area contributed by atoms with Crippen molar-refractivity contribution in [3.05, 3.63) is 31.4 Å². The van der Waals surface area contributed by atoms with Gasteiger partial charge in [-0.1, -0.05) is 0 Å². The molecular formula is C10H10NO4. The second kappa shape index (κ2) is 4.99. The molecule has 0 aliphatic carbocycles. The van der Waals surface area contributed by atoms with E-state index in [0.717, 1.165) is 0 Å². The fourth-order valence-corrected chi connectivity index (χ4v) is 0.935. The Morgan fingerprint density at radius 3 is 2.33 bits per heavy atom. The first kappa shape index (κ1) is 11.0. The van der Waals surface area contributed by atoms with Crippen molar-refractivity contribution in [2.45, 2.75) is 6.92 Å². The molecule has 0 saturated heterocycles. The third-order valence-electron chi connectivity index (χ3n) is 1.49. The van der Waals surface area contributed by atoms with Gasteiger partial charge in [0.05, 0.1) is 0 Å². The summed E-state index contributed by atoms with van der Waals surface area (Å²) in [6, 6.07) is 6.27. The lowest BCUT2D eigenvalue weighted by Crippen LogP contribution is -2.07. The van der Waals surface area contributed by atoms with Gasteiger partial charge in [-0.2, -0.15) is 0 Å². The number of ether oxygens (including phenoxy) is 2. The summed E-state index contributed by atoms with van der Waals surface area (Å²) in [6.45, 7) is 1.41. The lowest BCUT2D eigenvalue weighted by atomic mass is 10.3. The highest BCUT2D eigenvalue weighted by Gasteiger charge is 2.03. The maximum Gasteiger partial charge on any atom is 0.513 e. The summed E-state index contributed by atoms with van der Waals surface area (Å²) < 4.78 is 8.76. The molecule has 0 aliphatic heterocycles. The Hall–Kier alpha value is -2.04. The molecule has 0 aromatic heterocycles. The molecule has 1 amide bonds. The third-order valence-corrected chi connectivity index (χ3v) is 1.49. The molecule has 5 heteroatoms. The molecule has 5 nitrogen and oxygen atoms in total. The number of carbonyl (C=O) groups excluding carboxylic acids is 2. The monoisotopic (exact) mass is 208 g/mol. The number of hydrogen-bond donors (Lipinski definition) is 1. The van der Waals surface area contributed by atoms with E-state index in [1.165, 1.54) is 19.1 Å². The van der Waals surface area contributed by atoms with Gasteiger partial charge in [-0.3, -0.25) is 4.79 Å². The first-order chi connectivity index (χ1) is 7.11. The van der Waals surface area contributed by atoms with Gasteiger partial charge in [-0.15, -0.1) is 0 Å². The highest BCUT2D eigenvalue weighted by atomic mass is 16.7. The molecule has 79 valence electrons. The van der Waals surface area contributed by atoms with Crippen molar-refractivity contribution in [1.29, 1.82) is 0 Å². The van der Waals surface area contributed by atoms with Gasteiger partial charge in [-0.25, -0.2) is 4.79 Å². The van der Waals surface area contributed by atoms with Gasteiger partial charge >= 0.3 is 6.16 Å². The van der Waals surface area contributed by atoms with Crippen molar-refractivity contribution in [3.63, 3.8) is 0 Å². The minimum Gasteiger partial charge on any atom is -0.430 e. The van der Waals surface area contributed by atoms with Crippen molar-refractivity contribution in [2.24, 2.45) is 0 Å². The van der Waals surface area contributed by atoms with Gasteiger partial charge < -0.3 is 14.8 Å². The van der Waals surface area contributed by atoms with Gasteiger partial charge in [0, 0.05) is 12.6 Å². The standard InChI is InChI=1S/C10H10NO4/c1-7(12)11-8-3-5-9(6-4-8)15-10(13)14-2/h3-6H,2H2,1H3,(H,11,12). The Morgan fingerprint density at radius 1 is 1.27 bits per heavy atom. The molecule has 1 N–H and O–H groups in total. The summed E-state index contributed by atoms with van der Waals surface area (Å²) in [4.78, 5) is 21.4. The summed E-state index contributed by atoms with van der Waals surface area (Å²) in [7, 11) is 2.91. The number of hydrogen-bond acceptors (Lipinski definition) is 4. The van der Waals surface area contributed by atoms with Crippen LogP contribution in [0, 0.1) is 7.11 Å².